The number of anilines is 1. The van der Waals surface area contributed by atoms with Gasteiger partial charge in [-0.05, 0) is 18.3 Å². The number of allylic oxidation sites excluding steroid dienone is 2. The molecule has 2 aliphatic carbocycles. The highest BCUT2D eigenvalue weighted by atomic mass is 16.2. The lowest BCUT2D eigenvalue weighted by molar-refractivity contribution is -0.123. The molecule has 1 aliphatic heterocycles. The minimum Gasteiger partial charge on any atom is -0.274 e. The second-order valence-corrected chi connectivity index (χ2v) is 6.36. The number of rotatable bonds is 2. The molecule has 1 saturated carbocycles. The summed E-state index contributed by atoms with van der Waals surface area (Å²) in [5, 5.41) is 6.92. The topological polar surface area (TPSA) is 79.0 Å². The van der Waals surface area contributed by atoms with Gasteiger partial charge >= 0.3 is 0 Å². The Morgan fingerprint density at radius 2 is 1.65 bits per heavy atom. The second kappa shape index (κ2) is 4.38. The normalized spacial score (nSPS) is 31.2. The number of aromatic nitrogens is 3. The third-order valence-corrected chi connectivity index (χ3v) is 5.19. The summed E-state index contributed by atoms with van der Waals surface area (Å²) >= 11 is 0. The first-order valence-electron chi connectivity index (χ1n) is 7.78. The van der Waals surface area contributed by atoms with Crippen LogP contribution in [-0.4, -0.2) is 27.0 Å². The predicted octanol–water partition coefficient (Wildman–Crippen LogP) is 1.78. The third kappa shape index (κ3) is 1.63. The first kappa shape index (κ1) is 12.8. The van der Waals surface area contributed by atoms with Crippen LogP contribution in [0.25, 0.3) is 11.4 Å². The molecule has 23 heavy (non-hydrogen) atoms. The van der Waals surface area contributed by atoms with Crippen LogP contribution >= 0.6 is 0 Å². The molecule has 4 atom stereocenters. The Morgan fingerprint density at radius 3 is 2.30 bits per heavy atom. The maximum Gasteiger partial charge on any atom is 0.258 e. The highest BCUT2D eigenvalue weighted by molar-refractivity contribution is 6.21. The number of carbonyl (C=O) groups excluding carboxylic acids is 2. The van der Waals surface area contributed by atoms with E-state index in [9.17, 15) is 9.59 Å². The number of fused-ring (bicyclic) bond motifs is 5. The van der Waals surface area contributed by atoms with Crippen molar-refractivity contribution in [1.82, 2.24) is 15.2 Å². The van der Waals surface area contributed by atoms with Crippen molar-refractivity contribution in [2.24, 2.45) is 23.7 Å². The van der Waals surface area contributed by atoms with E-state index < -0.39 is 0 Å². The predicted molar refractivity (Wildman–Crippen MR) is 82.0 cm³/mol. The van der Waals surface area contributed by atoms with Gasteiger partial charge in [-0.1, -0.05) is 42.5 Å². The van der Waals surface area contributed by atoms with Crippen LogP contribution in [0.2, 0.25) is 0 Å². The van der Waals surface area contributed by atoms with Crippen molar-refractivity contribution in [3.05, 3.63) is 42.5 Å². The number of nitrogens with one attached hydrogen (secondary N) is 1. The van der Waals surface area contributed by atoms with E-state index in [-0.39, 0.29) is 41.4 Å². The monoisotopic (exact) mass is 306 g/mol. The molecule has 1 saturated heterocycles. The molecule has 1 aromatic heterocycles. The number of hydrogen-bond donors (Lipinski definition) is 1. The summed E-state index contributed by atoms with van der Waals surface area (Å²) in [6.45, 7) is 0. The number of nitrogens with zero attached hydrogens (tertiary/aromatic N) is 3. The first-order chi connectivity index (χ1) is 11.2. The summed E-state index contributed by atoms with van der Waals surface area (Å²) in [4.78, 5) is 31.0. The lowest BCUT2D eigenvalue weighted by Gasteiger charge is -2.14. The summed E-state index contributed by atoms with van der Waals surface area (Å²) < 4.78 is 0. The molecule has 0 radical (unpaired) electrons. The molecule has 3 aliphatic rings. The van der Waals surface area contributed by atoms with E-state index in [2.05, 4.69) is 27.3 Å². The van der Waals surface area contributed by atoms with Crippen LogP contribution in [-0.2, 0) is 9.59 Å². The van der Waals surface area contributed by atoms with E-state index in [4.69, 9.17) is 0 Å². The van der Waals surface area contributed by atoms with E-state index in [1.165, 1.54) is 4.90 Å². The third-order valence-electron chi connectivity index (χ3n) is 5.19. The van der Waals surface area contributed by atoms with Gasteiger partial charge < -0.3 is 0 Å². The highest BCUT2D eigenvalue weighted by Crippen LogP contribution is 2.52. The zero-order chi connectivity index (χ0) is 15.6. The minimum absolute atomic E-state index is 0.157. The quantitative estimate of drug-likeness (QED) is 0.677. The Labute approximate surface area is 132 Å². The average Bonchev–Trinajstić information content (AvgIpc) is 3.33. The molecule has 6 nitrogen and oxygen atoms in total. The van der Waals surface area contributed by atoms with E-state index in [0.29, 0.717) is 5.82 Å². The molecule has 2 heterocycles. The minimum atomic E-state index is -0.226. The number of imide groups is 1. The van der Waals surface area contributed by atoms with E-state index >= 15 is 0 Å². The number of benzene rings is 1. The molecule has 2 bridgehead atoms. The van der Waals surface area contributed by atoms with Crippen LogP contribution in [0.15, 0.2) is 42.5 Å². The lowest BCUT2D eigenvalue weighted by Crippen LogP contribution is -2.33. The Hall–Kier alpha value is -2.76. The highest BCUT2D eigenvalue weighted by Gasteiger charge is 2.60. The Kier molecular flexibility index (Phi) is 2.43. The Morgan fingerprint density at radius 1 is 1.00 bits per heavy atom. The van der Waals surface area contributed by atoms with Crippen LogP contribution in [0.4, 0.5) is 5.95 Å². The number of aromatic amines is 1. The van der Waals surface area contributed by atoms with E-state index in [0.717, 1.165) is 12.0 Å². The van der Waals surface area contributed by atoms with Gasteiger partial charge in [-0.2, -0.15) is 4.98 Å². The van der Waals surface area contributed by atoms with Gasteiger partial charge in [-0.15, -0.1) is 5.10 Å². The molecule has 2 fully saturated rings. The van der Waals surface area contributed by atoms with Gasteiger partial charge in [0.2, 0.25) is 11.8 Å². The molecule has 5 rings (SSSR count). The van der Waals surface area contributed by atoms with Crippen LogP contribution < -0.4 is 4.90 Å². The molecule has 0 spiro atoms. The first-order valence-corrected chi connectivity index (χ1v) is 7.78. The fourth-order valence-electron chi connectivity index (χ4n) is 4.18. The van der Waals surface area contributed by atoms with Gasteiger partial charge in [0, 0.05) is 5.56 Å². The zero-order valence-electron chi connectivity index (χ0n) is 12.2. The smallest absolute Gasteiger partial charge is 0.258 e. The molecule has 0 unspecified atom stereocenters. The standard InChI is InChI=1S/C17H14N4O2/c22-15-12-10-6-7-11(8-10)13(12)16(23)21(15)17-18-14(19-20-17)9-4-2-1-3-5-9/h1-7,10-13H,8H2,(H,18,19,20)/t10-,11-,12+,13+/m0/s1. The van der Waals surface area contributed by atoms with Crippen molar-refractivity contribution < 1.29 is 9.59 Å². The molecule has 2 amide bonds. The molecule has 1 aromatic carbocycles. The zero-order valence-corrected chi connectivity index (χ0v) is 12.2. The van der Waals surface area contributed by atoms with E-state index in [1.54, 1.807) is 0 Å². The molecule has 1 N–H and O–H groups in total. The van der Waals surface area contributed by atoms with Crippen molar-refractivity contribution >= 4 is 17.8 Å². The van der Waals surface area contributed by atoms with Crippen LogP contribution in [0.3, 0.4) is 0 Å². The second-order valence-electron chi connectivity index (χ2n) is 6.36. The summed E-state index contributed by atoms with van der Waals surface area (Å²) in [6, 6.07) is 9.51. The van der Waals surface area contributed by atoms with Gasteiger partial charge in [0.25, 0.3) is 5.95 Å². The summed E-state index contributed by atoms with van der Waals surface area (Å²) in [7, 11) is 0. The van der Waals surface area contributed by atoms with Crippen LogP contribution in [0.5, 0.6) is 0 Å². The number of H-pyrrole nitrogens is 1. The molecule has 2 aromatic rings. The maximum atomic E-state index is 12.7. The molecule has 6 heteroatoms. The number of hydrogen-bond acceptors (Lipinski definition) is 4. The van der Waals surface area contributed by atoms with Gasteiger partial charge in [0.15, 0.2) is 5.82 Å². The number of carbonyl (C=O) groups is 2. The van der Waals surface area contributed by atoms with Crippen molar-refractivity contribution in [3.8, 4) is 11.4 Å². The Balaban J connectivity index is 1.51. The van der Waals surface area contributed by atoms with Crippen LogP contribution in [0.1, 0.15) is 6.42 Å². The largest absolute Gasteiger partial charge is 0.274 e. The van der Waals surface area contributed by atoms with Crippen LogP contribution in [0, 0.1) is 23.7 Å². The lowest BCUT2D eigenvalue weighted by atomic mass is 9.85. The summed E-state index contributed by atoms with van der Waals surface area (Å²) in [5.41, 5.74) is 0.868. The van der Waals surface area contributed by atoms with Gasteiger partial charge in [-0.3, -0.25) is 14.7 Å². The van der Waals surface area contributed by atoms with Gasteiger partial charge in [0.1, 0.15) is 0 Å². The fraction of sp³-hybridized carbons (Fsp3) is 0.294. The Bertz CT molecular complexity index is 811. The summed E-state index contributed by atoms with van der Waals surface area (Å²) in [6.07, 6.45) is 5.08. The van der Waals surface area contributed by atoms with Crippen molar-refractivity contribution in [1.29, 1.82) is 0 Å². The summed E-state index contributed by atoms with van der Waals surface area (Å²) in [5.74, 6) is 0.336. The van der Waals surface area contributed by atoms with E-state index in [1.807, 2.05) is 30.3 Å². The molecular formula is C17H14N4O2. The van der Waals surface area contributed by atoms with Gasteiger partial charge in [-0.25, -0.2) is 4.90 Å². The molecule has 114 valence electrons. The van der Waals surface area contributed by atoms with Crippen molar-refractivity contribution in [2.45, 2.75) is 6.42 Å². The maximum absolute atomic E-state index is 12.7. The SMILES string of the molecule is O=C1[C@H]2[C@H](C(=O)N1c1n[nH]c(-c3ccccc3)n1)[C@H]1C=C[C@H]2C1. The van der Waals surface area contributed by atoms with Gasteiger partial charge in [0.05, 0.1) is 11.8 Å². The van der Waals surface area contributed by atoms with Crippen molar-refractivity contribution in [3.63, 3.8) is 0 Å². The fourth-order valence-corrected chi connectivity index (χ4v) is 4.18. The molecular weight excluding hydrogens is 292 g/mol. The average molecular weight is 306 g/mol. The van der Waals surface area contributed by atoms with Crippen molar-refractivity contribution in [2.75, 3.05) is 4.90 Å². The number of amides is 2.